The van der Waals surface area contributed by atoms with Crippen molar-refractivity contribution in [1.82, 2.24) is 14.5 Å². The molecule has 0 aliphatic carbocycles. The molecule has 6 nitrogen and oxygen atoms in total. The van der Waals surface area contributed by atoms with Crippen molar-refractivity contribution in [2.24, 2.45) is 7.05 Å². The lowest BCUT2D eigenvalue weighted by Gasteiger charge is -2.17. The van der Waals surface area contributed by atoms with Crippen molar-refractivity contribution in [3.8, 4) is 0 Å². The summed E-state index contributed by atoms with van der Waals surface area (Å²) in [7, 11) is 3.46. The molecule has 33 heavy (non-hydrogen) atoms. The van der Waals surface area contributed by atoms with Crippen LogP contribution in [0.25, 0.3) is 21.8 Å². The highest BCUT2D eigenvalue weighted by Gasteiger charge is 2.15. The van der Waals surface area contributed by atoms with Crippen LogP contribution in [0.5, 0.6) is 0 Å². The first kappa shape index (κ1) is 22.2. The minimum atomic E-state index is -0.111. The third-order valence-corrected chi connectivity index (χ3v) is 5.58. The Morgan fingerprint density at radius 1 is 0.848 bits per heavy atom. The molecule has 2 aromatic carbocycles. The lowest BCUT2D eigenvalue weighted by Crippen LogP contribution is -2.26. The quantitative estimate of drug-likeness (QED) is 0.274. The molecule has 7 heteroatoms. The summed E-state index contributed by atoms with van der Waals surface area (Å²) in [5, 5.41) is 1.96. The molecule has 3 aromatic heterocycles. The molecule has 0 aliphatic rings. The number of hydrogen-bond donors (Lipinski definition) is 0. The number of nitrogens with zero attached hydrogens (tertiary/aromatic N) is 4. The van der Waals surface area contributed by atoms with E-state index in [1.807, 2.05) is 54.6 Å². The van der Waals surface area contributed by atoms with E-state index >= 15 is 0 Å². The summed E-state index contributed by atoms with van der Waals surface area (Å²) < 4.78 is 1.64. The molecule has 0 fully saturated rings. The molecular formula is C26H21ClN4O2. The van der Waals surface area contributed by atoms with E-state index < -0.39 is 0 Å². The second-order valence-corrected chi connectivity index (χ2v) is 7.68. The Balaban J connectivity index is 0.000000157. The molecule has 0 radical (unpaired) electrons. The van der Waals surface area contributed by atoms with Crippen LogP contribution in [0, 0.1) is 0 Å². The van der Waals surface area contributed by atoms with Gasteiger partial charge in [-0.25, -0.2) is 4.98 Å². The van der Waals surface area contributed by atoms with Crippen LogP contribution >= 0.6 is 11.6 Å². The number of hydrogen-bond acceptors (Lipinski definition) is 4. The van der Waals surface area contributed by atoms with Gasteiger partial charge in [-0.1, -0.05) is 48.0 Å². The Morgan fingerprint density at radius 2 is 1.48 bits per heavy atom. The second kappa shape index (κ2) is 9.63. The van der Waals surface area contributed by atoms with E-state index in [0.717, 1.165) is 21.8 Å². The third-order valence-electron chi connectivity index (χ3n) is 5.29. The fourth-order valence-electron chi connectivity index (χ4n) is 3.55. The number of fused-ring (bicyclic) bond motifs is 3. The Kier molecular flexibility index (Phi) is 6.47. The van der Waals surface area contributed by atoms with Gasteiger partial charge in [-0.2, -0.15) is 0 Å². The molecule has 5 rings (SSSR count). The van der Waals surface area contributed by atoms with Gasteiger partial charge >= 0.3 is 0 Å². The number of benzene rings is 2. The monoisotopic (exact) mass is 456 g/mol. The first-order chi connectivity index (χ1) is 16.0. The normalized spacial score (nSPS) is 10.5. The topological polar surface area (TPSA) is 68.1 Å². The molecule has 0 atom stereocenters. The lowest BCUT2D eigenvalue weighted by molar-refractivity contribution is 0.0993. The van der Waals surface area contributed by atoms with Crippen LogP contribution in [0.3, 0.4) is 0 Å². The van der Waals surface area contributed by atoms with E-state index in [0.29, 0.717) is 16.4 Å². The predicted molar refractivity (Wildman–Crippen MR) is 133 cm³/mol. The Labute approximate surface area is 195 Å². The number of rotatable bonds is 2. The van der Waals surface area contributed by atoms with Crippen LogP contribution in [0.2, 0.25) is 5.15 Å². The summed E-state index contributed by atoms with van der Waals surface area (Å²) in [6, 6.07) is 23.9. The van der Waals surface area contributed by atoms with Gasteiger partial charge in [-0.05, 0) is 42.5 Å². The molecule has 0 saturated carbocycles. The summed E-state index contributed by atoms with van der Waals surface area (Å²) in [5.74, 6) is -0.111. The fourth-order valence-corrected chi connectivity index (χ4v) is 3.80. The average Bonchev–Trinajstić information content (AvgIpc) is 2.87. The first-order valence-electron chi connectivity index (χ1n) is 10.2. The molecule has 0 unspecified atom stereocenters. The molecule has 0 saturated heterocycles. The molecule has 0 aliphatic heterocycles. The van der Waals surface area contributed by atoms with E-state index in [1.165, 1.54) is 4.90 Å². The van der Waals surface area contributed by atoms with Crippen LogP contribution < -0.4 is 10.5 Å². The molecule has 1 amide bonds. The van der Waals surface area contributed by atoms with E-state index in [4.69, 9.17) is 11.6 Å². The van der Waals surface area contributed by atoms with Gasteiger partial charge < -0.3 is 9.47 Å². The number of carbonyl (C=O) groups is 1. The lowest BCUT2D eigenvalue weighted by atomic mass is 10.1. The number of amides is 1. The van der Waals surface area contributed by atoms with Crippen molar-refractivity contribution in [2.45, 2.75) is 0 Å². The maximum atomic E-state index is 12.1. The summed E-state index contributed by atoms with van der Waals surface area (Å²) in [5.41, 5.74) is 2.99. The average molecular weight is 457 g/mol. The molecule has 3 heterocycles. The van der Waals surface area contributed by atoms with Gasteiger partial charge in [-0.15, -0.1) is 0 Å². The van der Waals surface area contributed by atoms with Gasteiger partial charge in [0.2, 0.25) is 0 Å². The third kappa shape index (κ3) is 4.47. The standard InChI is InChI=1S/C13H11ClN2O.C13H10N2O/c1-16(11-8-5-9-15-12(11)14)13(17)10-6-3-2-4-7-10;1-15-11-7-4-8-14-12(11)9-5-2-3-6-10(9)13(15)16/h2-9H,1H3;2-8H,1H3. The zero-order valence-electron chi connectivity index (χ0n) is 18.1. The maximum absolute atomic E-state index is 12.1. The van der Waals surface area contributed by atoms with Crippen LogP contribution in [0.1, 0.15) is 10.4 Å². The Hall–Kier alpha value is -4.03. The zero-order chi connectivity index (χ0) is 23.4. The number of carbonyl (C=O) groups excluding carboxylic acids is 1. The number of aromatic nitrogens is 3. The van der Waals surface area contributed by atoms with Crippen molar-refractivity contribution < 1.29 is 4.79 Å². The Bertz CT molecular complexity index is 1500. The number of pyridine rings is 3. The Morgan fingerprint density at radius 3 is 2.21 bits per heavy atom. The molecular weight excluding hydrogens is 436 g/mol. The number of aryl methyl sites for hydroxylation is 1. The van der Waals surface area contributed by atoms with Crippen molar-refractivity contribution >= 4 is 45.0 Å². The highest BCUT2D eigenvalue weighted by molar-refractivity contribution is 6.32. The second-order valence-electron chi connectivity index (χ2n) is 7.32. The number of halogens is 1. The van der Waals surface area contributed by atoms with Crippen molar-refractivity contribution in [2.75, 3.05) is 11.9 Å². The van der Waals surface area contributed by atoms with Gasteiger partial charge in [0, 0.05) is 42.8 Å². The first-order valence-corrected chi connectivity index (χ1v) is 10.6. The largest absolute Gasteiger partial charge is 0.309 e. The summed E-state index contributed by atoms with van der Waals surface area (Å²) in [6.07, 6.45) is 3.34. The van der Waals surface area contributed by atoms with Crippen LogP contribution in [-0.4, -0.2) is 27.5 Å². The molecule has 164 valence electrons. The predicted octanol–water partition coefficient (Wildman–Crippen LogP) is 5.10. The zero-order valence-corrected chi connectivity index (χ0v) is 18.9. The molecule has 0 bridgehead atoms. The fraction of sp³-hybridized carbons (Fsp3) is 0.0769. The van der Waals surface area contributed by atoms with Crippen molar-refractivity contribution in [3.05, 3.63) is 112 Å². The van der Waals surface area contributed by atoms with Gasteiger partial charge in [0.15, 0.2) is 5.15 Å². The number of anilines is 1. The summed E-state index contributed by atoms with van der Waals surface area (Å²) in [6.45, 7) is 0. The molecule has 5 aromatic rings. The van der Waals surface area contributed by atoms with E-state index in [1.54, 1.807) is 55.3 Å². The van der Waals surface area contributed by atoms with Crippen LogP contribution in [0.15, 0.2) is 96.1 Å². The van der Waals surface area contributed by atoms with E-state index in [9.17, 15) is 9.59 Å². The van der Waals surface area contributed by atoms with Crippen LogP contribution in [0.4, 0.5) is 5.69 Å². The van der Waals surface area contributed by atoms with E-state index in [-0.39, 0.29) is 11.5 Å². The summed E-state index contributed by atoms with van der Waals surface area (Å²) >= 11 is 5.95. The minimum absolute atomic E-state index is 0.0242. The van der Waals surface area contributed by atoms with Gasteiger partial charge in [0.05, 0.1) is 16.7 Å². The highest BCUT2D eigenvalue weighted by atomic mass is 35.5. The minimum Gasteiger partial charge on any atom is -0.309 e. The maximum Gasteiger partial charge on any atom is 0.258 e. The smallest absolute Gasteiger partial charge is 0.258 e. The molecule has 0 spiro atoms. The van der Waals surface area contributed by atoms with Crippen molar-refractivity contribution in [1.29, 1.82) is 0 Å². The SMILES string of the molecule is CN(C(=O)c1ccccc1)c1cccnc1Cl.Cn1c(=O)c2ccccc2c2ncccc21. The van der Waals surface area contributed by atoms with Crippen LogP contribution in [-0.2, 0) is 7.05 Å². The van der Waals surface area contributed by atoms with Gasteiger partial charge in [0.25, 0.3) is 11.5 Å². The van der Waals surface area contributed by atoms with Crippen molar-refractivity contribution in [3.63, 3.8) is 0 Å². The van der Waals surface area contributed by atoms with E-state index in [2.05, 4.69) is 9.97 Å². The summed E-state index contributed by atoms with van der Waals surface area (Å²) in [4.78, 5) is 34.0. The van der Waals surface area contributed by atoms with Gasteiger partial charge in [-0.3, -0.25) is 14.6 Å². The molecule has 0 N–H and O–H groups in total. The van der Waals surface area contributed by atoms with Gasteiger partial charge in [0.1, 0.15) is 0 Å². The highest BCUT2D eigenvalue weighted by Crippen LogP contribution is 2.23.